The maximum absolute atomic E-state index is 7.20. The number of aromatic nitrogens is 2. The highest BCUT2D eigenvalue weighted by atomic mass is 16.5. The smallest absolute Gasteiger partial charge is 0.161 e. The van der Waals surface area contributed by atoms with Crippen LogP contribution in [0.4, 0.5) is 0 Å². The Morgan fingerprint density at radius 1 is 0.830 bits per heavy atom. The van der Waals surface area contributed by atoms with Crippen LogP contribution in [-0.4, -0.2) is 9.97 Å². The van der Waals surface area contributed by atoms with E-state index in [0.29, 0.717) is 5.82 Å². The highest BCUT2D eigenvalue weighted by Crippen LogP contribution is 2.63. The van der Waals surface area contributed by atoms with Crippen molar-refractivity contribution >= 4 is 28.3 Å². The van der Waals surface area contributed by atoms with Gasteiger partial charge in [0.05, 0.1) is 16.6 Å². The number of hydrogen-bond acceptors (Lipinski definition) is 3. The first-order valence-electron chi connectivity index (χ1n) is 18.2. The number of benzene rings is 5. The fraction of sp³-hybridized carbons (Fsp3) is 0.120. The van der Waals surface area contributed by atoms with Crippen LogP contribution in [0.5, 0.6) is 5.75 Å². The normalized spacial score (nSPS) is 18.6. The van der Waals surface area contributed by atoms with E-state index in [1.807, 2.05) is 42.5 Å². The number of ether oxygens (including phenoxy) is 1. The number of nitrogens with zero attached hydrogens (tertiary/aromatic N) is 2. The molecule has 5 aromatic carbocycles. The summed E-state index contributed by atoms with van der Waals surface area (Å²) in [6, 6.07) is 37.9. The van der Waals surface area contributed by atoms with E-state index in [4.69, 9.17) is 21.1 Å². The molecule has 6 aromatic rings. The van der Waals surface area contributed by atoms with Gasteiger partial charge in [-0.15, -0.1) is 6.42 Å². The SMILES string of the molecule is C#Cc1ccccc1C1=C(C)C2(C(C)=C(/C=C\C=C)c3c(-c4nc(-c5ccccc5)c5ccccc5n4)cccc32)c2ccc3c(c2O1)C(C)CC=C3. The van der Waals surface area contributed by atoms with Crippen molar-refractivity contribution in [3.63, 3.8) is 0 Å². The molecule has 3 heteroatoms. The van der Waals surface area contributed by atoms with E-state index in [1.54, 1.807) is 0 Å². The predicted molar refractivity (Wildman–Crippen MR) is 219 cm³/mol. The monoisotopic (exact) mass is 682 g/mol. The van der Waals surface area contributed by atoms with Gasteiger partial charge in [-0.25, -0.2) is 9.97 Å². The highest BCUT2D eigenvalue weighted by Gasteiger charge is 2.52. The third-order valence-electron chi connectivity index (χ3n) is 11.3. The zero-order valence-corrected chi connectivity index (χ0v) is 30.2. The van der Waals surface area contributed by atoms with E-state index in [0.717, 1.165) is 79.1 Å². The minimum absolute atomic E-state index is 0.281. The van der Waals surface area contributed by atoms with Gasteiger partial charge >= 0.3 is 0 Å². The minimum atomic E-state index is -0.661. The lowest BCUT2D eigenvalue weighted by Gasteiger charge is -2.42. The standard InChI is InChI=1S/C50H38N2O/c1-6-8-23-37-32(4)50(33(5)47(38-24-13-12-19-34(38)7-2)53-48-42(50)30-29-35-22-16-18-31(3)44(35)48)41-27-17-26-40(45(37)41)49-51-43-28-15-14-25-39(43)46(52-49)36-20-10-9-11-21-36/h2,6,8-17,19-31H,1,18H2,3-5H3/b23-8-. The van der Waals surface area contributed by atoms with Crippen molar-refractivity contribution in [2.45, 2.75) is 38.5 Å². The Bertz CT molecular complexity index is 2680. The van der Waals surface area contributed by atoms with Gasteiger partial charge < -0.3 is 4.74 Å². The van der Waals surface area contributed by atoms with Crippen LogP contribution in [0.3, 0.4) is 0 Å². The predicted octanol–water partition coefficient (Wildman–Crippen LogP) is 12.1. The van der Waals surface area contributed by atoms with Gasteiger partial charge in [-0.2, -0.15) is 0 Å². The molecule has 0 saturated carbocycles. The third kappa shape index (κ3) is 4.76. The van der Waals surface area contributed by atoms with Gasteiger partial charge in [-0.1, -0.05) is 141 Å². The molecule has 2 aliphatic carbocycles. The molecule has 3 nitrogen and oxygen atoms in total. The summed E-state index contributed by atoms with van der Waals surface area (Å²) in [6.45, 7) is 10.8. The number of terminal acetylenes is 1. The summed E-state index contributed by atoms with van der Waals surface area (Å²) in [5, 5.41) is 1.02. The molecule has 53 heavy (non-hydrogen) atoms. The molecule has 254 valence electrons. The van der Waals surface area contributed by atoms with E-state index >= 15 is 0 Å². The minimum Gasteiger partial charge on any atom is -0.456 e. The van der Waals surface area contributed by atoms with Gasteiger partial charge in [-0.05, 0) is 77.8 Å². The van der Waals surface area contributed by atoms with Crippen molar-refractivity contribution < 1.29 is 4.74 Å². The highest BCUT2D eigenvalue weighted by molar-refractivity contribution is 5.99. The van der Waals surface area contributed by atoms with Crippen molar-refractivity contribution in [2.24, 2.45) is 0 Å². The fourth-order valence-corrected chi connectivity index (χ4v) is 8.95. The number of allylic oxidation sites excluding steroid dienone is 7. The second kappa shape index (κ2) is 12.6. The summed E-state index contributed by atoms with van der Waals surface area (Å²) in [4.78, 5) is 10.6. The Morgan fingerprint density at radius 3 is 2.43 bits per heavy atom. The van der Waals surface area contributed by atoms with Crippen LogP contribution in [0.15, 0.2) is 151 Å². The maximum atomic E-state index is 7.20. The molecule has 1 aromatic heterocycles. The average molecular weight is 683 g/mol. The van der Waals surface area contributed by atoms with Crippen molar-refractivity contribution in [3.05, 3.63) is 190 Å². The van der Waals surface area contributed by atoms with Crippen LogP contribution in [0.2, 0.25) is 0 Å². The molecule has 1 aliphatic heterocycles. The second-order valence-corrected chi connectivity index (χ2v) is 14.1. The molecular weight excluding hydrogens is 645 g/mol. The van der Waals surface area contributed by atoms with Crippen LogP contribution >= 0.6 is 0 Å². The zero-order chi connectivity index (χ0) is 36.3. The fourth-order valence-electron chi connectivity index (χ4n) is 8.95. The van der Waals surface area contributed by atoms with Crippen LogP contribution in [0, 0.1) is 12.3 Å². The quantitative estimate of drug-likeness (QED) is 0.134. The summed E-state index contributed by atoms with van der Waals surface area (Å²) in [7, 11) is 0. The Balaban J connectivity index is 1.41. The zero-order valence-electron chi connectivity index (χ0n) is 30.2. The first-order chi connectivity index (χ1) is 26.0. The first-order valence-corrected chi connectivity index (χ1v) is 18.2. The molecule has 2 atom stereocenters. The Morgan fingerprint density at radius 2 is 1.60 bits per heavy atom. The van der Waals surface area contributed by atoms with E-state index in [1.165, 1.54) is 22.3 Å². The number of para-hydroxylation sites is 1. The van der Waals surface area contributed by atoms with Crippen LogP contribution in [-0.2, 0) is 5.41 Å². The Hall–Kier alpha value is -6.50. The molecule has 0 saturated heterocycles. The van der Waals surface area contributed by atoms with E-state index in [-0.39, 0.29) is 5.92 Å². The van der Waals surface area contributed by atoms with E-state index < -0.39 is 5.41 Å². The van der Waals surface area contributed by atoms with Crippen LogP contribution < -0.4 is 4.74 Å². The second-order valence-electron chi connectivity index (χ2n) is 14.1. The molecule has 3 aliphatic rings. The molecule has 0 bridgehead atoms. The Kier molecular flexibility index (Phi) is 7.72. The summed E-state index contributed by atoms with van der Waals surface area (Å²) < 4.78 is 7.20. The van der Waals surface area contributed by atoms with Gasteiger partial charge in [0.25, 0.3) is 0 Å². The van der Waals surface area contributed by atoms with Crippen LogP contribution in [0.25, 0.3) is 51.0 Å². The molecular formula is C50H38N2O. The molecule has 2 unspecified atom stereocenters. The lowest BCUT2D eigenvalue weighted by molar-refractivity contribution is 0.452. The number of hydrogen-bond donors (Lipinski definition) is 0. The molecule has 0 amide bonds. The molecule has 2 heterocycles. The lowest BCUT2D eigenvalue weighted by Crippen LogP contribution is -2.34. The summed E-state index contributed by atoms with van der Waals surface area (Å²) >= 11 is 0. The number of rotatable bonds is 5. The van der Waals surface area contributed by atoms with Gasteiger partial charge in [0.1, 0.15) is 11.5 Å². The van der Waals surface area contributed by atoms with Crippen molar-refractivity contribution in [1.29, 1.82) is 0 Å². The number of fused-ring (bicyclic) bond motifs is 7. The summed E-state index contributed by atoms with van der Waals surface area (Å²) in [5.74, 6) is 5.63. The van der Waals surface area contributed by atoms with Gasteiger partial charge in [0, 0.05) is 38.8 Å². The van der Waals surface area contributed by atoms with Crippen molar-refractivity contribution in [2.75, 3.05) is 0 Å². The van der Waals surface area contributed by atoms with E-state index in [9.17, 15) is 0 Å². The average Bonchev–Trinajstić information content (AvgIpc) is 3.45. The van der Waals surface area contributed by atoms with Crippen molar-refractivity contribution in [1.82, 2.24) is 9.97 Å². The first kappa shape index (κ1) is 32.4. The molecule has 0 fully saturated rings. The Labute approximate surface area is 311 Å². The molecule has 0 radical (unpaired) electrons. The lowest BCUT2D eigenvalue weighted by atomic mass is 9.64. The molecule has 0 N–H and O–H groups in total. The maximum Gasteiger partial charge on any atom is 0.161 e. The van der Waals surface area contributed by atoms with Crippen LogP contribution in [0.1, 0.15) is 72.1 Å². The summed E-state index contributed by atoms with van der Waals surface area (Å²) in [6.07, 6.45) is 17.7. The third-order valence-corrected chi connectivity index (χ3v) is 11.3. The topological polar surface area (TPSA) is 35.0 Å². The van der Waals surface area contributed by atoms with Gasteiger partial charge in [0.15, 0.2) is 5.82 Å². The molecule has 1 spiro atoms. The van der Waals surface area contributed by atoms with Gasteiger partial charge in [-0.3, -0.25) is 0 Å². The molecule has 9 rings (SSSR count). The van der Waals surface area contributed by atoms with Gasteiger partial charge in [0.2, 0.25) is 0 Å². The van der Waals surface area contributed by atoms with Crippen molar-refractivity contribution in [3.8, 4) is 40.7 Å². The largest absolute Gasteiger partial charge is 0.456 e. The van der Waals surface area contributed by atoms with E-state index in [2.05, 4.69) is 130 Å². The summed E-state index contributed by atoms with van der Waals surface area (Å²) in [5.41, 5.74) is 14.2.